The summed E-state index contributed by atoms with van der Waals surface area (Å²) in [4.78, 5) is 17.9. The Hall–Kier alpha value is -3.57. The Bertz CT molecular complexity index is 962. The highest BCUT2D eigenvalue weighted by molar-refractivity contribution is 5.97. The average Bonchev–Trinajstić information content (AvgIpc) is 2.78. The molecule has 0 aromatic heterocycles. The predicted octanol–water partition coefficient (Wildman–Crippen LogP) is 4.86. The van der Waals surface area contributed by atoms with Gasteiger partial charge in [-0.25, -0.2) is 4.85 Å². The van der Waals surface area contributed by atoms with E-state index in [9.17, 15) is 10.1 Å². The van der Waals surface area contributed by atoms with Crippen LogP contribution in [0, 0.1) is 17.9 Å². The number of amides is 1. The number of carbonyl (C=O) groups is 1. The van der Waals surface area contributed by atoms with Crippen molar-refractivity contribution in [2.75, 3.05) is 13.1 Å². The fraction of sp³-hybridized carbons (Fsp3) is 0.292. The molecule has 1 fully saturated rings. The smallest absolute Gasteiger partial charge is 0.264 e. The summed E-state index contributed by atoms with van der Waals surface area (Å²) in [5.41, 5.74) is 1.80. The lowest BCUT2D eigenvalue weighted by Crippen LogP contribution is -2.42. The summed E-state index contributed by atoms with van der Waals surface area (Å²) in [7, 11) is 0. The number of benzene rings is 2. The molecule has 0 radical (unpaired) electrons. The molecule has 0 N–H and O–H groups in total. The zero-order valence-corrected chi connectivity index (χ0v) is 16.4. The fourth-order valence-electron chi connectivity index (χ4n) is 3.43. The van der Waals surface area contributed by atoms with Crippen molar-refractivity contribution in [3.63, 3.8) is 0 Å². The molecule has 0 aliphatic carbocycles. The van der Waals surface area contributed by atoms with Crippen molar-refractivity contribution in [1.29, 1.82) is 5.26 Å². The highest BCUT2D eigenvalue weighted by Crippen LogP contribution is 2.24. The molecule has 1 saturated heterocycles. The maximum Gasteiger partial charge on any atom is 0.264 e. The Morgan fingerprint density at radius 2 is 1.97 bits per heavy atom. The summed E-state index contributed by atoms with van der Waals surface area (Å²) in [6, 6.07) is 19.0. The first-order chi connectivity index (χ1) is 14.1. The van der Waals surface area contributed by atoms with Gasteiger partial charge in [0, 0.05) is 31.8 Å². The number of piperidine rings is 1. The second kappa shape index (κ2) is 9.57. The van der Waals surface area contributed by atoms with Gasteiger partial charge in [0.15, 0.2) is 5.69 Å². The minimum Gasteiger partial charge on any atom is -0.492 e. The minimum atomic E-state index is -0.219. The number of ether oxygens (including phenoxy) is 1. The largest absolute Gasteiger partial charge is 0.492 e. The Kier molecular flexibility index (Phi) is 6.66. The van der Waals surface area contributed by atoms with Crippen LogP contribution in [-0.2, 0) is 4.79 Å². The number of nitrogens with zero attached hydrogens (tertiary/aromatic N) is 3. The number of rotatable bonds is 5. The third-order valence-electron chi connectivity index (χ3n) is 5.07. The number of hydrogen-bond acceptors (Lipinski definition) is 3. The van der Waals surface area contributed by atoms with E-state index in [1.165, 1.54) is 0 Å². The van der Waals surface area contributed by atoms with Crippen LogP contribution in [0.3, 0.4) is 0 Å². The summed E-state index contributed by atoms with van der Waals surface area (Å²) in [6.45, 7) is 10.2. The highest BCUT2D eigenvalue weighted by atomic mass is 16.5. The minimum absolute atomic E-state index is 0.00205. The van der Waals surface area contributed by atoms with E-state index in [2.05, 4.69) is 10.9 Å². The molecule has 2 aromatic rings. The summed E-state index contributed by atoms with van der Waals surface area (Å²) >= 11 is 0. The lowest BCUT2D eigenvalue weighted by atomic mass is 9.98. The molecule has 1 heterocycles. The van der Waals surface area contributed by atoms with Crippen LogP contribution in [0.5, 0.6) is 5.75 Å². The van der Waals surface area contributed by atoms with Crippen LogP contribution in [-0.4, -0.2) is 30.0 Å². The van der Waals surface area contributed by atoms with Crippen molar-refractivity contribution in [2.45, 2.75) is 31.8 Å². The highest BCUT2D eigenvalue weighted by Gasteiger charge is 2.26. The van der Waals surface area contributed by atoms with Crippen molar-refractivity contribution in [2.24, 2.45) is 0 Å². The van der Waals surface area contributed by atoms with Crippen LogP contribution < -0.4 is 4.74 Å². The van der Waals surface area contributed by atoms with Gasteiger partial charge in [-0.1, -0.05) is 55.5 Å². The molecule has 146 valence electrons. The Morgan fingerprint density at radius 3 is 2.62 bits per heavy atom. The molecule has 1 amide bonds. The van der Waals surface area contributed by atoms with E-state index >= 15 is 0 Å². The molecular formula is C24H23N3O2. The van der Waals surface area contributed by atoms with Gasteiger partial charge in [0.05, 0.1) is 6.57 Å². The van der Waals surface area contributed by atoms with Crippen molar-refractivity contribution in [3.05, 3.63) is 83.2 Å². The van der Waals surface area contributed by atoms with Gasteiger partial charge in [0.1, 0.15) is 23.5 Å². The lowest BCUT2D eigenvalue weighted by molar-refractivity contribution is -0.128. The summed E-state index contributed by atoms with van der Waals surface area (Å²) in [5, 5.41) is 9.50. The van der Waals surface area contributed by atoms with Gasteiger partial charge < -0.3 is 9.64 Å². The first kappa shape index (κ1) is 20.2. The molecule has 29 heavy (non-hydrogen) atoms. The van der Waals surface area contributed by atoms with E-state index in [0.717, 1.165) is 5.56 Å². The number of nitriles is 1. The van der Waals surface area contributed by atoms with Crippen molar-refractivity contribution >= 4 is 11.6 Å². The third kappa shape index (κ3) is 5.24. The summed E-state index contributed by atoms with van der Waals surface area (Å²) in [6.07, 6.45) is 3.13. The summed E-state index contributed by atoms with van der Waals surface area (Å²) in [5.74, 6) is 0.451. The molecule has 5 nitrogen and oxygen atoms in total. The monoisotopic (exact) mass is 385 g/mol. The van der Waals surface area contributed by atoms with Crippen LogP contribution >= 0.6 is 0 Å². The molecule has 0 bridgehead atoms. The van der Waals surface area contributed by atoms with E-state index in [1.807, 2.05) is 43.3 Å². The third-order valence-corrected chi connectivity index (χ3v) is 5.07. The van der Waals surface area contributed by atoms with Gasteiger partial charge in [-0.3, -0.25) is 4.79 Å². The maximum absolute atomic E-state index is 12.8. The molecule has 0 spiro atoms. The van der Waals surface area contributed by atoms with Gasteiger partial charge in [0.2, 0.25) is 0 Å². The van der Waals surface area contributed by atoms with Gasteiger partial charge in [-0.15, -0.1) is 0 Å². The van der Waals surface area contributed by atoms with Gasteiger partial charge in [-0.2, -0.15) is 5.26 Å². The molecule has 5 heteroatoms. The first-order valence-corrected chi connectivity index (χ1v) is 9.71. The number of allylic oxidation sites excluding steroid dienone is 1. The number of carbonyl (C=O) groups excluding carboxylic acids is 1. The lowest BCUT2D eigenvalue weighted by Gasteiger charge is -2.32. The zero-order valence-electron chi connectivity index (χ0n) is 16.4. The van der Waals surface area contributed by atoms with E-state index < -0.39 is 0 Å². The average molecular weight is 385 g/mol. The van der Waals surface area contributed by atoms with Gasteiger partial charge in [0.25, 0.3) is 5.91 Å². The van der Waals surface area contributed by atoms with Crippen LogP contribution in [0.15, 0.2) is 66.2 Å². The molecule has 3 rings (SSSR count). The van der Waals surface area contributed by atoms with E-state index in [-0.39, 0.29) is 23.5 Å². The molecule has 1 aliphatic rings. The fourth-order valence-corrected chi connectivity index (χ4v) is 3.43. The zero-order chi connectivity index (χ0) is 20.6. The molecule has 0 saturated carbocycles. The SMILES string of the molecule is [C-]#[N+]c1cccc(OC2CCN(C(=O)/C(C#N)=C/C(C)c3ccccc3)CC2)c1. The van der Waals surface area contributed by atoms with E-state index in [1.54, 1.807) is 29.2 Å². The molecule has 1 atom stereocenters. The number of hydrogen-bond donors (Lipinski definition) is 0. The second-order valence-corrected chi connectivity index (χ2v) is 7.11. The van der Waals surface area contributed by atoms with Crippen LogP contribution in [0.4, 0.5) is 5.69 Å². The molecule has 1 unspecified atom stereocenters. The Labute approximate surface area is 171 Å². The van der Waals surface area contributed by atoms with E-state index in [4.69, 9.17) is 11.3 Å². The topological polar surface area (TPSA) is 57.7 Å². The van der Waals surface area contributed by atoms with E-state index in [0.29, 0.717) is 37.4 Å². The molecule has 1 aliphatic heterocycles. The normalized spacial score (nSPS) is 15.8. The second-order valence-electron chi connectivity index (χ2n) is 7.11. The molecular weight excluding hydrogens is 362 g/mol. The summed E-state index contributed by atoms with van der Waals surface area (Å²) < 4.78 is 5.97. The van der Waals surface area contributed by atoms with Crippen molar-refractivity contribution in [1.82, 2.24) is 4.90 Å². The van der Waals surface area contributed by atoms with Crippen LogP contribution in [0.25, 0.3) is 4.85 Å². The predicted molar refractivity (Wildman–Crippen MR) is 111 cm³/mol. The van der Waals surface area contributed by atoms with Gasteiger partial charge >= 0.3 is 0 Å². The number of likely N-dealkylation sites (tertiary alicyclic amines) is 1. The van der Waals surface area contributed by atoms with Crippen molar-refractivity contribution < 1.29 is 9.53 Å². The standard InChI is InChI=1S/C24H23N3O2/c1-18(19-7-4-3-5-8-19)15-20(17-25)24(28)27-13-11-22(12-14-27)29-23-10-6-9-21(16-23)26-2/h3-10,15-16,18,22H,11-14H2,1H3/b20-15+. The van der Waals surface area contributed by atoms with Crippen LogP contribution in [0.2, 0.25) is 0 Å². The first-order valence-electron chi connectivity index (χ1n) is 9.71. The molecule has 2 aromatic carbocycles. The quantitative estimate of drug-likeness (QED) is 0.419. The Morgan fingerprint density at radius 1 is 1.24 bits per heavy atom. The van der Waals surface area contributed by atoms with Crippen molar-refractivity contribution in [3.8, 4) is 11.8 Å². The Balaban J connectivity index is 1.59. The van der Waals surface area contributed by atoms with Crippen LogP contribution in [0.1, 0.15) is 31.2 Å². The maximum atomic E-state index is 12.8. The van der Waals surface area contributed by atoms with Gasteiger partial charge in [-0.05, 0) is 17.7 Å².